The Labute approximate surface area is 219 Å². The van der Waals surface area contributed by atoms with Gasteiger partial charge in [0.2, 0.25) is 0 Å². The van der Waals surface area contributed by atoms with Crippen LogP contribution in [0.25, 0.3) is 5.65 Å². The third kappa shape index (κ3) is 5.60. The number of urea groups is 1. The second kappa shape index (κ2) is 10.2. The van der Waals surface area contributed by atoms with Gasteiger partial charge in [-0.3, -0.25) is 0 Å². The maximum Gasteiger partial charge on any atom is 0.433 e. The lowest BCUT2D eigenvalue weighted by atomic mass is 9.73. The molecule has 3 N–H and O–H groups in total. The summed E-state index contributed by atoms with van der Waals surface area (Å²) in [7, 11) is 0. The van der Waals surface area contributed by atoms with E-state index < -0.39 is 40.9 Å². The molecule has 39 heavy (non-hydrogen) atoms. The molecule has 0 bridgehead atoms. The van der Waals surface area contributed by atoms with Crippen molar-refractivity contribution >= 4 is 17.5 Å². The van der Waals surface area contributed by atoms with E-state index in [-0.39, 0.29) is 43.6 Å². The molecule has 210 valence electrons. The number of fused-ring (bicyclic) bond motifs is 1. The average molecular weight is 557 g/mol. The number of aromatic nitrogens is 3. The minimum atomic E-state index is -4.83. The second-order valence-electron chi connectivity index (χ2n) is 10.1. The lowest BCUT2D eigenvalue weighted by molar-refractivity contribution is -0.141. The highest BCUT2D eigenvalue weighted by Gasteiger charge is 2.47. The number of amides is 2. The molecule has 0 unspecified atom stereocenters. The molecule has 8 nitrogen and oxygen atoms in total. The van der Waals surface area contributed by atoms with Crippen LogP contribution < -0.4 is 10.6 Å². The third-order valence-electron chi connectivity index (χ3n) is 7.32. The zero-order valence-electron chi connectivity index (χ0n) is 20.6. The minimum absolute atomic E-state index is 0.00167. The highest BCUT2D eigenvalue weighted by atomic mass is 19.4. The number of halogens is 6. The van der Waals surface area contributed by atoms with Gasteiger partial charge in [0.15, 0.2) is 11.3 Å². The summed E-state index contributed by atoms with van der Waals surface area (Å²) in [6, 6.07) is 6.68. The van der Waals surface area contributed by atoms with Crippen molar-refractivity contribution in [2.24, 2.45) is 0 Å². The molecule has 1 aliphatic carbocycles. The van der Waals surface area contributed by atoms with Gasteiger partial charge in [-0.05, 0) is 43.4 Å². The molecule has 3 heterocycles. The first-order valence-electron chi connectivity index (χ1n) is 12.4. The number of benzene rings is 1. The molecular weight excluding hydrogens is 530 g/mol. The number of carbonyl (C=O) groups excluding carboxylic acids is 1. The van der Waals surface area contributed by atoms with Gasteiger partial charge in [0.05, 0.1) is 6.10 Å². The first kappa shape index (κ1) is 27.0. The number of nitrogens with zero attached hydrogens (tertiary/aromatic N) is 4. The number of carbonyl (C=O) groups is 1. The fraction of sp³-hybridized carbons (Fsp3) is 0.480. The first-order chi connectivity index (χ1) is 18.4. The molecule has 0 spiro atoms. The molecule has 1 aromatic carbocycles. The maximum atomic E-state index is 13.6. The number of likely N-dealkylation sites (tertiary alicyclic amines) is 1. The Morgan fingerprint density at radius 2 is 1.77 bits per heavy atom. The maximum absolute atomic E-state index is 13.6. The van der Waals surface area contributed by atoms with Gasteiger partial charge >= 0.3 is 12.2 Å². The zero-order chi connectivity index (χ0) is 27.9. The molecule has 2 fully saturated rings. The predicted molar refractivity (Wildman–Crippen MR) is 128 cm³/mol. The van der Waals surface area contributed by atoms with Crippen molar-refractivity contribution in [2.75, 3.05) is 25.0 Å². The van der Waals surface area contributed by atoms with E-state index in [1.54, 1.807) is 17.0 Å². The van der Waals surface area contributed by atoms with Crippen LogP contribution in [0.1, 0.15) is 49.1 Å². The average Bonchev–Trinajstić information content (AvgIpc) is 3.30. The van der Waals surface area contributed by atoms with Crippen LogP contribution in [0.2, 0.25) is 0 Å². The Bertz CT molecular complexity index is 1330. The van der Waals surface area contributed by atoms with Crippen molar-refractivity contribution in [1.82, 2.24) is 24.8 Å². The Balaban J connectivity index is 1.38. The van der Waals surface area contributed by atoms with Crippen LogP contribution in [0.15, 0.2) is 36.4 Å². The van der Waals surface area contributed by atoms with Crippen LogP contribution in [-0.4, -0.2) is 62.4 Å². The topological polar surface area (TPSA) is 94.8 Å². The monoisotopic (exact) mass is 556 g/mol. The van der Waals surface area contributed by atoms with Crippen LogP contribution in [0, 0.1) is 5.82 Å². The van der Waals surface area contributed by atoms with Gasteiger partial charge in [0.1, 0.15) is 17.3 Å². The highest BCUT2D eigenvalue weighted by molar-refractivity contribution is 5.76. The van der Waals surface area contributed by atoms with Crippen molar-refractivity contribution < 1.29 is 36.2 Å². The number of rotatable bonds is 6. The molecule has 2 aliphatic rings. The molecule has 1 saturated carbocycles. The fourth-order valence-corrected chi connectivity index (χ4v) is 5.14. The summed E-state index contributed by atoms with van der Waals surface area (Å²) in [4.78, 5) is 17.9. The molecule has 2 aromatic heterocycles. The van der Waals surface area contributed by atoms with Gasteiger partial charge in [0, 0.05) is 43.2 Å². The molecule has 1 saturated heterocycles. The van der Waals surface area contributed by atoms with E-state index in [1.807, 2.05) is 0 Å². The van der Waals surface area contributed by atoms with E-state index in [4.69, 9.17) is 0 Å². The van der Waals surface area contributed by atoms with E-state index in [2.05, 4.69) is 20.7 Å². The molecular formula is C25H26F6N6O2. The van der Waals surface area contributed by atoms with Gasteiger partial charge in [0.25, 0.3) is 6.43 Å². The Morgan fingerprint density at radius 1 is 1.10 bits per heavy atom. The van der Waals surface area contributed by atoms with E-state index in [0.29, 0.717) is 37.3 Å². The number of aliphatic hydroxyl groups excluding tert-OH is 1. The first-order valence-corrected chi connectivity index (χ1v) is 12.4. The lowest BCUT2D eigenvalue weighted by Crippen LogP contribution is -2.66. The lowest BCUT2D eigenvalue weighted by Gasteiger charge is -2.51. The van der Waals surface area contributed by atoms with E-state index in [9.17, 15) is 36.2 Å². The molecule has 3 aromatic rings. The van der Waals surface area contributed by atoms with Gasteiger partial charge in [-0.25, -0.2) is 22.9 Å². The molecule has 1 aliphatic heterocycles. The zero-order valence-corrected chi connectivity index (χ0v) is 20.6. The van der Waals surface area contributed by atoms with Crippen LogP contribution in [-0.2, 0) is 11.6 Å². The van der Waals surface area contributed by atoms with Crippen molar-refractivity contribution in [3.63, 3.8) is 0 Å². The predicted octanol–water partition coefficient (Wildman–Crippen LogP) is 4.50. The van der Waals surface area contributed by atoms with Crippen molar-refractivity contribution in [1.29, 1.82) is 0 Å². The summed E-state index contributed by atoms with van der Waals surface area (Å²) in [6.07, 6.45) is -5.73. The molecule has 0 atom stereocenters. The quantitative estimate of drug-likeness (QED) is 0.389. The summed E-state index contributed by atoms with van der Waals surface area (Å²) >= 11 is 0. The van der Waals surface area contributed by atoms with E-state index in [1.165, 1.54) is 12.1 Å². The Morgan fingerprint density at radius 3 is 2.38 bits per heavy atom. The Hall–Kier alpha value is -3.55. The fourth-order valence-electron chi connectivity index (χ4n) is 5.14. The Kier molecular flexibility index (Phi) is 7.08. The van der Waals surface area contributed by atoms with Crippen LogP contribution in [0.5, 0.6) is 0 Å². The van der Waals surface area contributed by atoms with Gasteiger partial charge in [-0.2, -0.15) is 22.8 Å². The van der Waals surface area contributed by atoms with Gasteiger partial charge in [-0.15, -0.1) is 0 Å². The number of nitrogens with one attached hydrogen (secondary N) is 2. The normalized spacial score (nSPS) is 21.2. The summed E-state index contributed by atoms with van der Waals surface area (Å²) in [6.45, 7) is 0.349. The number of anilines is 1. The van der Waals surface area contributed by atoms with E-state index >= 15 is 0 Å². The summed E-state index contributed by atoms with van der Waals surface area (Å²) in [5.74, 6) is -0.679. The second-order valence-corrected chi connectivity index (χ2v) is 10.1. The number of aliphatic hydroxyl groups is 1. The van der Waals surface area contributed by atoms with Crippen LogP contribution in [0.3, 0.4) is 0 Å². The summed E-state index contributed by atoms with van der Waals surface area (Å²) in [5.41, 5.74) is -2.55. The van der Waals surface area contributed by atoms with Crippen molar-refractivity contribution in [3.05, 3.63) is 59.2 Å². The summed E-state index contributed by atoms with van der Waals surface area (Å²) < 4.78 is 81.5. The number of alkyl halides is 5. The van der Waals surface area contributed by atoms with Gasteiger partial charge in [-0.1, -0.05) is 12.1 Å². The van der Waals surface area contributed by atoms with E-state index in [0.717, 1.165) is 10.6 Å². The van der Waals surface area contributed by atoms with Crippen molar-refractivity contribution in [2.45, 2.75) is 55.8 Å². The SMILES string of the molecule is O=C(NC1CCC(O)CC1)N1CC(CNc2cc(C(F)(F)F)nc3cc(C(F)F)nn23)(c2ccc(F)cc2)C1. The van der Waals surface area contributed by atoms with Crippen LogP contribution >= 0.6 is 0 Å². The number of hydrogen-bond acceptors (Lipinski definition) is 5. The number of hydrogen-bond donors (Lipinski definition) is 3. The standard InChI is InChI=1S/C25H26F6N6O2/c26-15-3-1-14(2-4-15)24(12-36(13-24)23(39)33-16-5-7-17(38)8-6-16)11-32-20-10-19(25(29,30)31)34-21-9-18(22(27)28)35-37(20)21/h1-4,9-10,16-17,22,32,38H,5-8,11-13H2,(H,33,39). The molecule has 5 rings (SSSR count). The van der Waals surface area contributed by atoms with Crippen molar-refractivity contribution in [3.8, 4) is 0 Å². The summed E-state index contributed by atoms with van der Waals surface area (Å²) in [5, 5.41) is 19.2. The smallest absolute Gasteiger partial charge is 0.393 e. The largest absolute Gasteiger partial charge is 0.433 e. The van der Waals surface area contributed by atoms with Gasteiger partial charge < -0.3 is 20.6 Å². The molecule has 2 amide bonds. The third-order valence-corrected chi connectivity index (χ3v) is 7.32. The minimum Gasteiger partial charge on any atom is -0.393 e. The van der Waals surface area contributed by atoms with Crippen LogP contribution in [0.4, 0.5) is 37.0 Å². The molecule has 0 radical (unpaired) electrons. The molecule has 14 heteroatoms. The highest BCUT2D eigenvalue weighted by Crippen LogP contribution is 2.37.